The van der Waals surface area contributed by atoms with Crippen molar-refractivity contribution in [2.75, 3.05) is 13.3 Å². The third kappa shape index (κ3) is 2.92. The summed E-state index contributed by atoms with van der Waals surface area (Å²) in [6.07, 6.45) is 0. The van der Waals surface area contributed by atoms with Crippen LogP contribution in [0.25, 0.3) is 0 Å². The average molecular weight is 148 g/mol. The number of rotatable bonds is 4. The van der Waals surface area contributed by atoms with Crippen LogP contribution in [0, 0.1) is 0 Å². The van der Waals surface area contributed by atoms with Gasteiger partial charge >= 0.3 is 0 Å². The zero-order chi connectivity index (χ0) is 8.20. The molecule has 0 aromatic heterocycles. The molecule has 0 heterocycles. The van der Waals surface area contributed by atoms with Gasteiger partial charge in [-0.3, -0.25) is 4.79 Å². The Labute approximate surface area is 60.4 Å². The minimum atomic E-state index is -0.827. The van der Waals surface area contributed by atoms with Gasteiger partial charge in [0.1, 0.15) is 12.3 Å². The molecule has 10 heavy (non-hydrogen) atoms. The number of carbonyl (C=O) groups excluding carboxylic acids is 1. The molecule has 0 aromatic rings. The SMILES string of the molecule is CC(=O)C(C)(C)OCCF. The number of halogens is 1. The molecule has 0 aromatic carbocycles. The third-order valence-electron chi connectivity index (χ3n) is 1.39. The van der Waals surface area contributed by atoms with Crippen LogP contribution in [-0.2, 0) is 9.53 Å². The van der Waals surface area contributed by atoms with Crippen molar-refractivity contribution in [2.24, 2.45) is 0 Å². The number of ketones is 1. The third-order valence-corrected chi connectivity index (χ3v) is 1.39. The van der Waals surface area contributed by atoms with E-state index in [-0.39, 0.29) is 12.4 Å². The van der Waals surface area contributed by atoms with Crippen LogP contribution in [0.5, 0.6) is 0 Å². The Hall–Kier alpha value is -0.440. The van der Waals surface area contributed by atoms with E-state index in [4.69, 9.17) is 4.74 Å². The second kappa shape index (κ2) is 3.66. The first-order valence-electron chi connectivity index (χ1n) is 3.21. The van der Waals surface area contributed by atoms with Crippen LogP contribution in [0.4, 0.5) is 4.39 Å². The second-order valence-electron chi connectivity index (χ2n) is 2.60. The molecule has 0 spiro atoms. The van der Waals surface area contributed by atoms with Crippen molar-refractivity contribution in [3.8, 4) is 0 Å². The molecule has 0 unspecified atom stereocenters. The molecule has 0 amide bonds. The van der Waals surface area contributed by atoms with Gasteiger partial charge in [-0.25, -0.2) is 4.39 Å². The molecular formula is C7H13FO2. The normalized spacial score (nSPS) is 11.6. The Morgan fingerprint density at radius 2 is 2.10 bits per heavy atom. The van der Waals surface area contributed by atoms with Gasteiger partial charge in [0.2, 0.25) is 0 Å². The van der Waals surface area contributed by atoms with E-state index in [2.05, 4.69) is 0 Å². The predicted octanol–water partition coefficient (Wildman–Crippen LogP) is 1.34. The molecule has 0 aliphatic heterocycles. The van der Waals surface area contributed by atoms with Crippen molar-refractivity contribution in [2.45, 2.75) is 26.4 Å². The molecule has 0 N–H and O–H groups in total. The first-order valence-corrected chi connectivity index (χ1v) is 3.21. The lowest BCUT2D eigenvalue weighted by atomic mass is 10.1. The topological polar surface area (TPSA) is 26.3 Å². The van der Waals surface area contributed by atoms with Gasteiger partial charge in [-0.15, -0.1) is 0 Å². The van der Waals surface area contributed by atoms with Crippen molar-refractivity contribution in [3.63, 3.8) is 0 Å². The lowest BCUT2D eigenvalue weighted by molar-refractivity contribution is -0.138. The summed E-state index contributed by atoms with van der Waals surface area (Å²) in [5, 5.41) is 0. The Morgan fingerprint density at radius 1 is 1.60 bits per heavy atom. The van der Waals surface area contributed by atoms with E-state index in [0.717, 1.165) is 0 Å². The Bertz CT molecular complexity index is 121. The summed E-state index contributed by atoms with van der Waals surface area (Å²) in [4.78, 5) is 10.7. The van der Waals surface area contributed by atoms with Crippen LogP contribution in [0.15, 0.2) is 0 Å². The highest BCUT2D eigenvalue weighted by atomic mass is 19.1. The highest BCUT2D eigenvalue weighted by Gasteiger charge is 2.23. The maximum absolute atomic E-state index is 11.6. The second-order valence-corrected chi connectivity index (χ2v) is 2.60. The first kappa shape index (κ1) is 9.56. The molecule has 0 aliphatic carbocycles. The molecule has 0 fully saturated rings. The molecule has 0 aliphatic rings. The van der Waals surface area contributed by atoms with Crippen LogP contribution in [-0.4, -0.2) is 24.7 Å². The molecule has 0 rings (SSSR count). The molecule has 60 valence electrons. The van der Waals surface area contributed by atoms with Crippen LogP contribution in [0.3, 0.4) is 0 Å². The van der Waals surface area contributed by atoms with Crippen molar-refractivity contribution < 1.29 is 13.9 Å². The van der Waals surface area contributed by atoms with Gasteiger partial charge in [0.25, 0.3) is 0 Å². The molecular weight excluding hydrogens is 135 g/mol. The summed E-state index contributed by atoms with van der Waals surface area (Å²) in [6.45, 7) is 4.14. The van der Waals surface area contributed by atoms with E-state index in [1.54, 1.807) is 13.8 Å². The number of alkyl halides is 1. The van der Waals surface area contributed by atoms with Crippen LogP contribution in [0.2, 0.25) is 0 Å². The molecule has 0 atom stereocenters. The molecule has 3 heteroatoms. The van der Waals surface area contributed by atoms with Crippen LogP contribution >= 0.6 is 0 Å². The first-order chi connectivity index (χ1) is 4.50. The van der Waals surface area contributed by atoms with Gasteiger partial charge in [-0.2, -0.15) is 0 Å². The molecule has 0 radical (unpaired) electrons. The van der Waals surface area contributed by atoms with Gasteiger partial charge in [0.15, 0.2) is 5.78 Å². The fourth-order valence-corrected chi connectivity index (χ4v) is 0.395. The van der Waals surface area contributed by atoms with Gasteiger partial charge in [-0.1, -0.05) is 0 Å². The molecule has 0 saturated carbocycles. The average Bonchev–Trinajstić information content (AvgIpc) is 1.84. The monoisotopic (exact) mass is 148 g/mol. The lowest BCUT2D eigenvalue weighted by Gasteiger charge is -2.20. The minimum absolute atomic E-state index is 0.00736. The summed E-state index contributed by atoms with van der Waals surface area (Å²) in [6, 6.07) is 0. The summed E-state index contributed by atoms with van der Waals surface area (Å²) in [7, 11) is 0. The maximum atomic E-state index is 11.6. The molecule has 0 bridgehead atoms. The summed E-state index contributed by atoms with van der Waals surface area (Å²) in [5.41, 5.74) is -0.827. The Balaban J connectivity index is 3.75. The lowest BCUT2D eigenvalue weighted by Crippen LogP contribution is -2.33. The van der Waals surface area contributed by atoms with E-state index < -0.39 is 12.3 Å². The summed E-state index contributed by atoms with van der Waals surface area (Å²) >= 11 is 0. The van der Waals surface area contributed by atoms with Crippen molar-refractivity contribution in [3.05, 3.63) is 0 Å². The van der Waals surface area contributed by atoms with Gasteiger partial charge < -0.3 is 4.74 Å². The number of hydrogen-bond acceptors (Lipinski definition) is 2. The standard InChI is InChI=1S/C7H13FO2/c1-6(9)7(2,3)10-5-4-8/h4-5H2,1-3H3. The molecule has 2 nitrogen and oxygen atoms in total. The van der Waals surface area contributed by atoms with Gasteiger partial charge in [-0.05, 0) is 20.8 Å². The smallest absolute Gasteiger partial charge is 0.160 e. The van der Waals surface area contributed by atoms with Crippen molar-refractivity contribution in [1.82, 2.24) is 0 Å². The fraction of sp³-hybridized carbons (Fsp3) is 0.857. The van der Waals surface area contributed by atoms with Crippen LogP contribution in [0.1, 0.15) is 20.8 Å². The minimum Gasteiger partial charge on any atom is -0.365 e. The van der Waals surface area contributed by atoms with Crippen LogP contribution < -0.4 is 0 Å². The largest absolute Gasteiger partial charge is 0.365 e. The Kier molecular flexibility index (Phi) is 3.50. The zero-order valence-electron chi connectivity index (χ0n) is 6.61. The fourth-order valence-electron chi connectivity index (χ4n) is 0.395. The van der Waals surface area contributed by atoms with E-state index in [1.807, 2.05) is 0 Å². The number of hydrogen-bond donors (Lipinski definition) is 0. The number of ether oxygens (including phenoxy) is 1. The highest BCUT2D eigenvalue weighted by molar-refractivity contribution is 5.83. The number of Topliss-reactive ketones (excluding diaryl/α,β-unsaturated/α-hetero) is 1. The van der Waals surface area contributed by atoms with Gasteiger partial charge in [0.05, 0.1) is 6.61 Å². The predicted molar refractivity (Wildman–Crippen MR) is 36.7 cm³/mol. The van der Waals surface area contributed by atoms with E-state index in [1.165, 1.54) is 6.92 Å². The van der Waals surface area contributed by atoms with E-state index >= 15 is 0 Å². The van der Waals surface area contributed by atoms with Crippen molar-refractivity contribution >= 4 is 5.78 Å². The Morgan fingerprint density at radius 3 is 2.40 bits per heavy atom. The van der Waals surface area contributed by atoms with E-state index in [0.29, 0.717) is 0 Å². The van der Waals surface area contributed by atoms with Gasteiger partial charge in [0, 0.05) is 0 Å². The summed E-state index contributed by atoms with van der Waals surface area (Å²) in [5.74, 6) is -0.0825. The number of carbonyl (C=O) groups is 1. The maximum Gasteiger partial charge on any atom is 0.160 e. The summed E-state index contributed by atoms with van der Waals surface area (Å²) < 4.78 is 16.5. The van der Waals surface area contributed by atoms with Crippen molar-refractivity contribution in [1.29, 1.82) is 0 Å². The zero-order valence-corrected chi connectivity index (χ0v) is 6.61. The molecule has 0 saturated heterocycles. The quantitative estimate of drug-likeness (QED) is 0.601. The highest BCUT2D eigenvalue weighted by Crippen LogP contribution is 2.09. The van der Waals surface area contributed by atoms with E-state index in [9.17, 15) is 9.18 Å².